The third-order valence-corrected chi connectivity index (χ3v) is 2.25. The van der Waals surface area contributed by atoms with Gasteiger partial charge in [-0.2, -0.15) is 0 Å². The Bertz CT molecular complexity index is 408. The molecule has 1 aromatic carbocycles. The van der Waals surface area contributed by atoms with Gasteiger partial charge in [-0.05, 0) is 18.6 Å². The zero-order valence-corrected chi connectivity index (χ0v) is 8.46. The molecule has 0 atom stereocenters. The van der Waals surface area contributed by atoms with Crippen molar-refractivity contribution in [2.24, 2.45) is 0 Å². The van der Waals surface area contributed by atoms with Crippen LogP contribution in [0.2, 0.25) is 0 Å². The first-order valence-electron chi connectivity index (χ1n) is 4.57. The van der Waals surface area contributed by atoms with Crippen molar-refractivity contribution >= 4 is 22.6 Å². The van der Waals surface area contributed by atoms with Crippen LogP contribution in [-0.2, 0) is 0 Å². The standard InChI is InChI=1S/C11H11ClO2/c12-6-2-7-13-10-4-1-3-9-5-8-14-11(9)10/h1,3-5,8H,2,6-7H2. The van der Waals surface area contributed by atoms with E-state index in [1.807, 2.05) is 24.3 Å². The van der Waals surface area contributed by atoms with Crippen LogP contribution in [0.1, 0.15) is 6.42 Å². The summed E-state index contributed by atoms with van der Waals surface area (Å²) in [6.07, 6.45) is 2.51. The molecule has 0 bridgehead atoms. The van der Waals surface area contributed by atoms with Crippen molar-refractivity contribution in [2.75, 3.05) is 12.5 Å². The highest BCUT2D eigenvalue weighted by Crippen LogP contribution is 2.26. The normalized spacial score (nSPS) is 10.6. The van der Waals surface area contributed by atoms with Crippen molar-refractivity contribution in [1.29, 1.82) is 0 Å². The lowest BCUT2D eigenvalue weighted by atomic mass is 10.2. The Kier molecular flexibility index (Phi) is 2.94. The molecule has 0 saturated heterocycles. The summed E-state index contributed by atoms with van der Waals surface area (Å²) in [6.45, 7) is 0.628. The number of halogens is 1. The molecule has 0 saturated carbocycles. The van der Waals surface area contributed by atoms with Crippen LogP contribution >= 0.6 is 11.6 Å². The molecule has 0 spiro atoms. The van der Waals surface area contributed by atoms with E-state index < -0.39 is 0 Å². The minimum Gasteiger partial charge on any atom is -0.490 e. The third kappa shape index (κ3) is 1.85. The number of furan rings is 1. The molecule has 0 unspecified atom stereocenters. The first-order chi connectivity index (χ1) is 6.92. The van der Waals surface area contributed by atoms with Gasteiger partial charge in [-0.25, -0.2) is 0 Å². The predicted octanol–water partition coefficient (Wildman–Crippen LogP) is 3.44. The van der Waals surface area contributed by atoms with Gasteiger partial charge in [0.1, 0.15) is 0 Å². The maximum Gasteiger partial charge on any atom is 0.175 e. The summed E-state index contributed by atoms with van der Waals surface area (Å²) < 4.78 is 10.9. The maximum absolute atomic E-state index is 5.56. The van der Waals surface area contributed by atoms with Crippen LogP contribution in [0.5, 0.6) is 5.75 Å². The molecule has 0 aliphatic rings. The zero-order valence-electron chi connectivity index (χ0n) is 7.70. The molecule has 2 aromatic rings. The Balaban J connectivity index is 2.19. The van der Waals surface area contributed by atoms with Crippen LogP contribution in [0.25, 0.3) is 11.0 Å². The first kappa shape index (κ1) is 9.41. The van der Waals surface area contributed by atoms with Gasteiger partial charge in [-0.15, -0.1) is 11.6 Å². The van der Waals surface area contributed by atoms with E-state index in [0.29, 0.717) is 12.5 Å². The maximum atomic E-state index is 5.56. The van der Waals surface area contributed by atoms with E-state index >= 15 is 0 Å². The van der Waals surface area contributed by atoms with Gasteiger partial charge in [0.25, 0.3) is 0 Å². The van der Waals surface area contributed by atoms with Crippen LogP contribution < -0.4 is 4.74 Å². The molecule has 1 heterocycles. The minimum atomic E-state index is 0.619. The molecule has 0 amide bonds. The highest BCUT2D eigenvalue weighted by molar-refractivity contribution is 6.17. The van der Waals surface area contributed by atoms with Crippen LogP contribution in [0.3, 0.4) is 0 Å². The lowest BCUT2D eigenvalue weighted by Gasteiger charge is -2.04. The Hall–Kier alpha value is -1.15. The molecular formula is C11H11ClO2. The second kappa shape index (κ2) is 4.38. The quantitative estimate of drug-likeness (QED) is 0.570. The van der Waals surface area contributed by atoms with Crippen molar-refractivity contribution < 1.29 is 9.15 Å². The number of para-hydroxylation sites is 1. The fraction of sp³-hybridized carbons (Fsp3) is 0.273. The minimum absolute atomic E-state index is 0.619. The number of hydrogen-bond donors (Lipinski definition) is 0. The molecular weight excluding hydrogens is 200 g/mol. The Labute approximate surface area is 87.4 Å². The van der Waals surface area contributed by atoms with E-state index in [-0.39, 0.29) is 0 Å². The van der Waals surface area contributed by atoms with Gasteiger partial charge >= 0.3 is 0 Å². The van der Waals surface area contributed by atoms with Gasteiger partial charge in [0.2, 0.25) is 0 Å². The molecule has 0 radical (unpaired) electrons. The van der Waals surface area contributed by atoms with Crippen molar-refractivity contribution in [3.05, 3.63) is 30.5 Å². The summed E-state index contributed by atoms with van der Waals surface area (Å²) in [5, 5.41) is 1.06. The predicted molar refractivity (Wildman–Crippen MR) is 57.0 cm³/mol. The van der Waals surface area contributed by atoms with E-state index in [0.717, 1.165) is 23.1 Å². The molecule has 2 rings (SSSR count). The van der Waals surface area contributed by atoms with Crippen LogP contribution in [0.15, 0.2) is 34.9 Å². The molecule has 0 N–H and O–H groups in total. The Morgan fingerprint density at radius 1 is 1.29 bits per heavy atom. The van der Waals surface area contributed by atoms with Crippen molar-refractivity contribution in [3.63, 3.8) is 0 Å². The second-order valence-electron chi connectivity index (χ2n) is 2.99. The number of alkyl halides is 1. The average molecular weight is 211 g/mol. The molecule has 14 heavy (non-hydrogen) atoms. The van der Waals surface area contributed by atoms with Gasteiger partial charge in [0.15, 0.2) is 11.3 Å². The summed E-state index contributed by atoms with van der Waals surface area (Å²) in [4.78, 5) is 0. The van der Waals surface area contributed by atoms with Crippen molar-refractivity contribution in [1.82, 2.24) is 0 Å². The van der Waals surface area contributed by atoms with Gasteiger partial charge in [0, 0.05) is 11.3 Å². The average Bonchev–Trinajstić information content (AvgIpc) is 2.67. The molecule has 2 nitrogen and oxygen atoms in total. The largest absolute Gasteiger partial charge is 0.490 e. The highest BCUT2D eigenvalue weighted by atomic mass is 35.5. The first-order valence-corrected chi connectivity index (χ1v) is 5.10. The molecule has 74 valence electrons. The number of fused-ring (bicyclic) bond motifs is 1. The topological polar surface area (TPSA) is 22.4 Å². The summed E-state index contributed by atoms with van der Waals surface area (Å²) in [7, 11) is 0. The molecule has 3 heteroatoms. The number of rotatable bonds is 4. The second-order valence-corrected chi connectivity index (χ2v) is 3.36. The van der Waals surface area contributed by atoms with Crippen LogP contribution in [-0.4, -0.2) is 12.5 Å². The molecule has 1 aromatic heterocycles. The van der Waals surface area contributed by atoms with Crippen LogP contribution in [0.4, 0.5) is 0 Å². The third-order valence-electron chi connectivity index (χ3n) is 1.98. The molecule has 0 aliphatic carbocycles. The Morgan fingerprint density at radius 2 is 2.21 bits per heavy atom. The van der Waals surface area contributed by atoms with E-state index in [1.165, 1.54) is 0 Å². The van der Waals surface area contributed by atoms with E-state index in [1.54, 1.807) is 6.26 Å². The number of benzene rings is 1. The summed E-state index contributed by atoms with van der Waals surface area (Å²) in [5.41, 5.74) is 0.807. The Morgan fingerprint density at radius 3 is 3.07 bits per heavy atom. The fourth-order valence-corrected chi connectivity index (χ4v) is 1.42. The van der Waals surface area contributed by atoms with Gasteiger partial charge in [-0.1, -0.05) is 12.1 Å². The summed E-state index contributed by atoms with van der Waals surface area (Å²) >= 11 is 5.56. The highest BCUT2D eigenvalue weighted by Gasteiger charge is 2.03. The molecule has 0 fully saturated rings. The number of ether oxygens (including phenoxy) is 1. The smallest absolute Gasteiger partial charge is 0.175 e. The van der Waals surface area contributed by atoms with Gasteiger partial charge in [-0.3, -0.25) is 0 Å². The van der Waals surface area contributed by atoms with E-state index in [9.17, 15) is 0 Å². The van der Waals surface area contributed by atoms with Crippen molar-refractivity contribution in [2.45, 2.75) is 6.42 Å². The summed E-state index contributed by atoms with van der Waals surface area (Å²) in [6, 6.07) is 7.77. The van der Waals surface area contributed by atoms with E-state index in [2.05, 4.69) is 0 Å². The SMILES string of the molecule is ClCCCOc1cccc2ccoc12. The van der Waals surface area contributed by atoms with Gasteiger partial charge < -0.3 is 9.15 Å². The van der Waals surface area contributed by atoms with Crippen molar-refractivity contribution in [3.8, 4) is 5.75 Å². The fourth-order valence-electron chi connectivity index (χ4n) is 1.32. The lowest BCUT2D eigenvalue weighted by Crippen LogP contribution is -1.97. The number of hydrogen-bond acceptors (Lipinski definition) is 2. The van der Waals surface area contributed by atoms with Crippen LogP contribution in [0, 0.1) is 0 Å². The van der Waals surface area contributed by atoms with E-state index in [4.69, 9.17) is 20.8 Å². The zero-order chi connectivity index (χ0) is 9.80. The monoisotopic (exact) mass is 210 g/mol. The summed E-state index contributed by atoms with van der Waals surface area (Å²) in [5.74, 6) is 1.41. The molecule has 0 aliphatic heterocycles. The lowest BCUT2D eigenvalue weighted by molar-refractivity contribution is 0.317. The van der Waals surface area contributed by atoms with Gasteiger partial charge in [0.05, 0.1) is 12.9 Å².